The number of nitrogens with zero attached hydrogens (tertiary/aromatic N) is 1. The second kappa shape index (κ2) is 8.28. The van der Waals surface area contributed by atoms with E-state index < -0.39 is 11.5 Å². The van der Waals surface area contributed by atoms with Gasteiger partial charge in [-0.3, -0.25) is 14.4 Å². The maximum absolute atomic E-state index is 13.5. The van der Waals surface area contributed by atoms with Gasteiger partial charge in [-0.05, 0) is 81.5 Å². The molecular formula is C28H27NO5. The Balaban J connectivity index is 1.47. The molecule has 0 N–H and O–H groups in total. The van der Waals surface area contributed by atoms with Gasteiger partial charge >= 0.3 is 5.97 Å². The van der Waals surface area contributed by atoms with Crippen LogP contribution in [0.3, 0.4) is 0 Å². The normalized spacial score (nSPS) is 16.3. The fraction of sp³-hybridized carbons (Fsp3) is 0.321. The predicted molar refractivity (Wildman–Crippen MR) is 130 cm³/mol. The molecule has 0 saturated heterocycles. The zero-order valence-corrected chi connectivity index (χ0v) is 19.6. The summed E-state index contributed by atoms with van der Waals surface area (Å²) in [5.74, 6) is -0.0919. The number of carbonyl (C=O) groups is 3. The van der Waals surface area contributed by atoms with Gasteiger partial charge in [-0.25, -0.2) is 4.90 Å². The van der Waals surface area contributed by atoms with E-state index in [1.165, 1.54) is 4.90 Å². The van der Waals surface area contributed by atoms with Gasteiger partial charge in [0.05, 0.1) is 17.2 Å². The zero-order valence-electron chi connectivity index (χ0n) is 19.6. The molecule has 1 aliphatic heterocycles. The van der Waals surface area contributed by atoms with Crippen LogP contribution in [0.25, 0.3) is 10.8 Å². The summed E-state index contributed by atoms with van der Waals surface area (Å²) in [5, 5.41) is 1.42. The van der Waals surface area contributed by atoms with Crippen LogP contribution in [0.15, 0.2) is 54.6 Å². The highest BCUT2D eigenvalue weighted by atomic mass is 16.5. The molecule has 6 nitrogen and oxygen atoms in total. The van der Waals surface area contributed by atoms with E-state index in [0.717, 1.165) is 31.1 Å². The van der Waals surface area contributed by atoms with Gasteiger partial charge in [0.1, 0.15) is 17.1 Å². The van der Waals surface area contributed by atoms with Gasteiger partial charge in [0.25, 0.3) is 11.8 Å². The summed E-state index contributed by atoms with van der Waals surface area (Å²) in [7, 11) is 0. The minimum absolute atomic E-state index is 0.0496. The lowest BCUT2D eigenvalue weighted by atomic mass is 9.93. The van der Waals surface area contributed by atoms with E-state index in [4.69, 9.17) is 9.47 Å². The minimum atomic E-state index is -0.434. The molecule has 6 heteroatoms. The van der Waals surface area contributed by atoms with Crippen LogP contribution in [-0.2, 0) is 4.79 Å². The van der Waals surface area contributed by atoms with Gasteiger partial charge in [-0.15, -0.1) is 0 Å². The van der Waals surface area contributed by atoms with E-state index in [1.54, 1.807) is 42.5 Å². The summed E-state index contributed by atoms with van der Waals surface area (Å²) in [6.45, 7) is 5.83. The maximum Gasteiger partial charge on any atom is 0.314 e. The Morgan fingerprint density at radius 1 is 0.882 bits per heavy atom. The maximum atomic E-state index is 13.5. The molecule has 2 amide bonds. The van der Waals surface area contributed by atoms with Crippen LogP contribution >= 0.6 is 0 Å². The van der Waals surface area contributed by atoms with Crippen molar-refractivity contribution in [3.05, 3.63) is 65.7 Å². The Morgan fingerprint density at radius 3 is 2.24 bits per heavy atom. The summed E-state index contributed by atoms with van der Waals surface area (Å²) >= 11 is 0. The van der Waals surface area contributed by atoms with Gasteiger partial charge in [-0.1, -0.05) is 25.0 Å². The molecule has 2 aliphatic rings. The van der Waals surface area contributed by atoms with Crippen molar-refractivity contribution in [2.75, 3.05) is 4.90 Å². The van der Waals surface area contributed by atoms with E-state index in [-0.39, 0.29) is 17.8 Å². The SMILES string of the molecule is CC(C)(C)Oc1cc2c3c(cccc3c1)C(=O)N(c1ccc(OC(=O)C3CCCC3)cc1)C2=O. The number of carbonyl (C=O) groups excluding carboxylic acids is 3. The third kappa shape index (κ3) is 4.04. The van der Waals surface area contributed by atoms with Crippen LogP contribution in [0, 0.1) is 5.92 Å². The number of benzene rings is 3. The lowest BCUT2D eigenvalue weighted by molar-refractivity contribution is -0.138. The van der Waals surface area contributed by atoms with Crippen LogP contribution in [0.4, 0.5) is 5.69 Å². The van der Waals surface area contributed by atoms with Gasteiger partial charge in [0, 0.05) is 10.9 Å². The van der Waals surface area contributed by atoms with E-state index in [0.29, 0.717) is 33.7 Å². The first kappa shape index (κ1) is 22.1. The highest BCUT2D eigenvalue weighted by molar-refractivity contribution is 6.35. The number of hydrogen-bond donors (Lipinski definition) is 0. The number of anilines is 1. The molecule has 1 heterocycles. The largest absolute Gasteiger partial charge is 0.488 e. The van der Waals surface area contributed by atoms with E-state index in [2.05, 4.69) is 0 Å². The number of imide groups is 1. The Kier molecular flexibility index (Phi) is 5.39. The van der Waals surface area contributed by atoms with Crippen molar-refractivity contribution in [1.82, 2.24) is 0 Å². The number of hydrogen-bond acceptors (Lipinski definition) is 5. The second-order valence-corrected chi connectivity index (χ2v) is 9.93. The molecule has 5 rings (SSSR count). The summed E-state index contributed by atoms with van der Waals surface area (Å²) in [6, 6.07) is 15.5. The lowest BCUT2D eigenvalue weighted by Gasteiger charge is -2.28. The van der Waals surface area contributed by atoms with E-state index >= 15 is 0 Å². The number of ether oxygens (including phenoxy) is 2. The fourth-order valence-corrected chi connectivity index (χ4v) is 4.75. The first-order valence-electron chi connectivity index (χ1n) is 11.7. The summed E-state index contributed by atoms with van der Waals surface area (Å²) < 4.78 is 11.5. The third-order valence-electron chi connectivity index (χ3n) is 6.24. The number of rotatable bonds is 4. The van der Waals surface area contributed by atoms with Crippen LogP contribution in [0.2, 0.25) is 0 Å². The quantitative estimate of drug-likeness (QED) is 0.276. The molecule has 0 spiro atoms. The van der Waals surface area contributed by atoms with Gasteiger partial charge in [0.15, 0.2) is 0 Å². The van der Waals surface area contributed by atoms with Crippen molar-refractivity contribution in [3.63, 3.8) is 0 Å². The topological polar surface area (TPSA) is 72.9 Å². The first-order chi connectivity index (χ1) is 16.2. The molecule has 1 fully saturated rings. The first-order valence-corrected chi connectivity index (χ1v) is 11.7. The molecule has 1 aliphatic carbocycles. The van der Waals surface area contributed by atoms with Crippen LogP contribution in [-0.4, -0.2) is 23.4 Å². The van der Waals surface area contributed by atoms with Gasteiger partial charge in [-0.2, -0.15) is 0 Å². The number of amides is 2. The highest BCUT2D eigenvalue weighted by Crippen LogP contribution is 2.37. The van der Waals surface area contributed by atoms with Gasteiger partial charge < -0.3 is 9.47 Å². The average Bonchev–Trinajstić information content (AvgIpc) is 3.32. The highest BCUT2D eigenvalue weighted by Gasteiger charge is 2.35. The molecule has 0 bridgehead atoms. The third-order valence-corrected chi connectivity index (χ3v) is 6.24. The average molecular weight is 458 g/mol. The molecule has 174 valence electrons. The summed E-state index contributed by atoms with van der Waals surface area (Å²) in [5.41, 5.74) is 0.868. The Hall–Kier alpha value is -3.67. The lowest BCUT2D eigenvalue weighted by Crippen LogP contribution is -2.40. The van der Waals surface area contributed by atoms with Crippen LogP contribution in [0.5, 0.6) is 11.5 Å². The Morgan fingerprint density at radius 2 is 1.56 bits per heavy atom. The van der Waals surface area contributed by atoms with Crippen molar-refractivity contribution < 1.29 is 23.9 Å². The zero-order chi connectivity index (χ0) is 24.0. The van der Waals surface area contributed by atoms with Crippen molar-refractivity contribution in [2.45, 2.75) is 52.1 Å². The monoisotopic (exact) mass is 457 g/mol. The molecule has 0 atom stereocenters. The molecule has 0 unspecified atom stereocenters. The van der Waals surface area contributed by atoms with Gasteiger partial charge in [0.2, 0.25) is 0 Å². The molecular weight excluding hydrogens is 430 g/mol. The van der Waals surface area contributed by atoms with Crippen LogP contribution < -0.4 is 14.4 Å². The Labute approximate surface area is 198 Å². The van der Waals surface area contributed by atoms with Crippen molar-refractivity contribution >= 4 is 34.2 Å². The molecule has 3 aromatic carbocycles. The summed E-state index contributed by atoms with van der Waals surface area (Å²) in [4.78, 5) is 40.4. The Bertz CT molecular complexity index is 1300. The smallest absolute Gasteiger partial charge is 0.314 e. The van der Waals surface area contributed by atoms with Crippen LogP contribution in [0.1, 0.15) is 67.2 Å². The van der Waals surface area contributed by atoms with E-state index in [1.807, 2.05) is 32.9 Å². The van der Waals surface area contributed by atoms with Crippen molar-refractivity contribution in [2.24, 2.45) is 5.92 Å². The van der Waals surface area contributed by atoms with Crippen molar-refractivity contribution in [3.8, 4) is 11.5 Å². The van der Waals surface area contributed by atoms with E-state index in [9.17, 15) is 14.4 Å². The second-order valence-electron chi connectivity index (χ2n) is 9.93. The number of esters is 1. The fourth-order valence-electron chi connectivity index (χ4n) is 4.75. The molecule has 0 radical (unpaired) electrons. The van der Waals surface area contributed by atoms with Crippen molar-refractivity contribution in [1.29, 1.82) is 0 Å². The minimum Gasteiger partial charge on any atom is -0.488 e. The standard InChI is InChI=1S/C28H27NO5/c1-28(2,3)34-21-15-18-9-6-10-22-24(18)23(16-21)26(31)29(25(22)30)19-11-13-20(14-12-19)33-27(32)17-7-4-5-8-17/h6,9-17H,4-5,7-8H2,1-3H3. The predicted octanol–water partition coefficient (Wildman–Crippen LogP) is 5.91. The molecule has 34 heavy (non-hydrogen) atoms. The summed E-state index contributed by atoms with van der Waals surface area (Å²) in [6.07, 6.45) is 3.82. The molecule has 3 aromatic rings. The molecule has 1 saturated carbocycles. The molecule has 0 aromatic heterocycles.